The van der Waals surface area contributed by atoms with Crippen molar-refractivity contribution < 1.29 is 13.9 Å². The SMILES string of the molecule is CC(C)NC(=O)O[C@H]1CC[C@@H](c2cc(Nc3nccc4nc(C5CC5)cn34)n[nH]2)[C@H]1F. The first kappa shape index (κ1) is 19.8. The van der Waals surface area contributed by atoms with Crippen molar-refractivity contribution in [3.63, 3.8) is 0 Å². The van der Waals surface area contributed by atoms with Crippen LogP contribution in [0.1, 0.15) is 62.8 Å². The smallest absolute Gasteiger partial charge is 0.407 e. The van der Waals surface area contributed by atoms with E-state index < -0.39 is 24.3 Å². The number of hydrogen-bond donors (Lipinski definition) is 3. The summed E-state index contributed by atoms with van der Waals surface area (Å²) in [6.07, 6.45) is 4.48. The van der Waals surface area contributed by atoms with E-state index >= 15 is 0 Å². The van der Waals surface area contributed by atoms with Crippen LogP contribution in [-0.4, -0.2) is 49.0 Å². The topological polar surface area (TPSA) is 109 Å². The molecule has 2 saturated carbocycles. The summed E-state index contributed by atoms with van der Waals surface area (Å²) in [5.41, 5.74) is 2.58. The Bertz CT molecular complexity index is 1090. The van der Waals surface area contributed by atoms with Crippen LogP contribution in [0.5, 0.6) is 0 Å². The van der Waals surface area contributed by atoms with Crippen LogP contribution in [0.4, 0.5) is 21.0 Å². The van der Waals surface area contributed by atoms with Crippen LogP contribution >= 0.6 is 0 Å². The third-order valence-corrected chi connectivity index (χ3v) is 5.80. The highest BCUT2D eigenvalue weighted by Crippen LogP contribution is 2.40. The van der Waals surface area contributed by atoms with Gasteiger partial charge in [-0.3, -0.25) is 9.50 Å². The molecule has 5 rings (SSSR count). The number of halogens is 1. The van der Waals surface area contributed by atoms with Gasteiger partial charge < -0.3 is 15.4 Å². The molecule has 0 saturated heterocycles. The number of aromatic nitrogens is 5. The lowest BCUT2D eigenvalue weighted by Gasteiger charge is -2.18. The van der Waals surface area contributed by atoms with Crippen LogP contribution in [0.25, 0.3) is 5.65 Å². The average Bonchev–Trinajstić information content (AvgIpc) is 3.14. The minimum absolute atomic E-state index is 0.0575. The van der Waals surface area contributed by atoms with E-state index in [1.165, 1.54) is 12.8 Å². The summed E-state index contributed by atoms with van der Waals surface area (Å²) in [5, 5.41) is 13.0. The molecule has 10 heteroatoms. The molecule has 2 fully saturated rings. The van der Waals surface area contributed by atoms with Crippen molar-refractivity contribution in [2.45, 2.75) is 69.7 Å². The van der Waals surface area contributed by atoms with Gasteiger partial charge in [-0.25, -0.2) is 19.2 Å². The number of amides is 1. The highest BCUT2D eigenvalue weighted by molar-refractivity contribution is 5.67. The highest BCUT2D eigenvalue weighted by atomic mass is 19.1. The zero-order valence-corrected chi connectivity index (χ0v) is 17.5. The number of carbonyl (C=O) groups is 1. The second-order valence-electron chi connectivity index (χ2n) is 8.64. The van der Waals surface area contributed by atoms with E-state index in [0.29, 0.717) is 36.2 Å². The molecule has 3 aromatic rings. The predicted octanol–water partition coefficient (Wildman–Crippen LogP) is 3.79. The van der Waals surface area contributed by atoms with E-state index in [1.807, 2.05) is 30.5 Å². The quantitative estimate of drug-likeness (QED) is 0.552. The molecule has 3 N–H and O–H groups in total. The highest BCUT2D eigenvalue weighted by Gasteiger charge is 2.41. The van der Waals surface area contributed by atoms with Gasteiger partial charge in [0.05, 0.1) is 5.69 Å². The van der Waals surface area contributed by atoms with Gasteiger partial charge in [-0.05, 0) is 45.6 Å². The number of H-pyrrole nitrogens is 1. The van der Waals surface area contributed by atoms with Crippen LogP contribution in [0.3, 0.4) is 0 Å². The summed E-state index contributed by atoms with van der Waals surface area (Å²) in [4.78, 5) is 20.9. The van der Waals surface area contributed by atoms with Gasteiger partial charge in [0.15, 0.2) is 5.82 Å². The zero-order valence-electron chi connectivity index (χ0n) is 17.5. The maximum Gasteiger partial charge on any atom is 0.407 e. The summed E-state index contributed by atoms with van der Waals surface area (Å²) in [5.74, 6) is 1.29. The Morgan fingerprint density at radius 2 is 2.16 bits per heavy atom. The molecule has 0 radical (unpaired) electrons. The summed E-state index contributed by atoms with van der Waals surface area (Å²) >= 11 is 0. The van der Waals surface area contributed by atoms with Gasteiger partial charge in [0.1, 0.15) is 17.9 Å². The van der Waals surface area contributed by atoms with Crippen molar-refractivity contribution in [1.82, 2.24) is 29.9 Å². The number of nitrogens with zero attached hydrogens (tertiary/aromatic N) is 4. The molecule has 0 aliphatic heterocycles. The average molecular weight is 427 g/mol. The molecule has 9 nitrogen and oxygen atoms in total. The molecule has 0 aromatic carbocycles. The van der Waals surface area contributed by atoms with Crippen LogP contribution in [0.2, 0.25) is 0 Å². The first-order valence-electron chi connectivity index (χ1n) is 10.8. The molecule has 0 spiro atoms. The lowest BCUT2D eigenvalue weighted by atomic mass is 10.0. The molecule has 0 unspecified atom stereocenters. The van der Waals surface area contributed by atoms with Crippen molar-refractivity contribution in [2.24, 2.45) is 0 Å². The van der Waals surface area contributed by atoms with Gasteiger partial charge in [-0.15, -0.1) is 0 Å². The predicted molar refractivity (Wildman–Crippen MR) is 112 cm³/mol. The normalized spacial score (nSPS) is 23.4. The van der Waals surface area contributed by atoms with Gasteiger partial charge in [0, 0.05) is 42.0 Å². The number of hydrogen-bond acceptors (Lipinski definition) is 6. The standard InChI is InChI=1S/C21H26FN7O2/c1-11(2)24-21(30)31-16-6-5-13(19(16)22)14-9-17(28-27-14)26-20-23-8-7-18-25-15(10-29(18)20)12-3-4-12/h7-13,16,19H,3-6H2,1-2H3,(H,24,30)(H2,23,26,27,28)/t13-,16-,19+/m0/s1. The van der Waals surface area contributed by atoms with Crippen molar-refractivity contribution >= 4 is 23.5 Å². The van der Waals surface area contributed by atoms with E-state index in [0.717, 1.165) is 11.3 Å². The van der Waals surface area contributed by atoms with Gasteiger partial charge >= 0.3 is 6.09 Å². The van der Waals surface area contributed by atoms with Crippen molar-refractivity contribution in [1.29, 1.82) is 0 Å². The minimum Gasteiger partial charge on any atom is -0.443 e. The van der Waals surface area contributed by atoms with E-state index in [2.05, 4.69) is 30.8 Å². The van der Waals surface area contributed by atoms with Crippen LogP contribution in [0.15, 0.2) is 24.5 Å². The van der Waals surface area contributed by atoms with Gasteiger partial charge in [0.25, 0.3) is 0 Å². The number of alkyl halides is 1. The zero-order chi connectivity index (χ0) is 21.5. The summed E-state index contributed by atoms with van der Waals surface area (Å²) in [6.45, 7) is 3.66. The lowest BCUT2D eigenvalue weighted by Crippen LogP contribution is -2.36. The summed E-state index contributed by atoms with van der Waals surface area (Å²) in [6, 6.07) is 3.60. The van der Waals surface area contributed by atoms with Gasteiger partial charge in [-0.2, -0.15) is 5.10 Å². The van der Waals surface area contributed by atoms with Gasteiger partial charge in [0.2, 0.25) is 5.95 Å². The van der Waals surface area contributed by atoms with Crippen molar-refractivity contribution in [2.75, 3.05) is 5.32 Å². The Kier molecular flexibility index (Phi) is 4.99. The Morgan fingerprint density at radius 3 is 2.94 bits per heavy atom. The number of ether oxygens (including phenoxy) is 1. The summed E-state index contributed by atoms with van der Waals surface area (Å²) < 4.78 is 22.1. The van der Waals surface area contributed by atoms with Crippen LogP contribution in [-0.2, 0) is 4.74 Å². The monoisotopic (exact) mass is 427 g/mol. The molecule has 164 valence electrons. The molecule has 3 heterocycles. The molecular weight excluding hydrogens is 401 g/mol. The van der Waals surface area contributed by atoms with E-state index in [1.54, 1.807) is 12.3 Å². The minimum atomic E-state index is -1.29. The van der Waals surface area contributed by atoms with Crippen LogP contribution in [0, 0.1) is 0 Å². The molecule has 3 atom stereocenters. The van der Waals surface area contributed by atoms with E-state index in [-0.39, 0.29) is 6.04 Å². The maximum absolute atomic E-state index is 15.0. The number of aromatic amines is 1. The third-order valence-electron chi connectivity index (χ3n) is 5.80. The number of carbonyl (C=O) groups excluding carboxylic acids is 1. The Hall–Kier alpha value is -3.17. The Morgan fingerprint density at radius 1 is 1.32 bits per heavy atom. The number of anilines is 2. The molecule has 2 aliphatic rings. The molecule has 0 bridgehead atoms. The van der Waals surface area contributed by atoms with Gasteiger partial charge in [-0.1, -0.05) is 0 Å². The summed E-state index contributed by atoms with van der Waals surface area (Å²) in [7, 11) is 0. The molecule has 3 aromatic heterocycles. The maximum atomic E-state index is 15.0. The molecule has 31 heavy (non-hydrogen) atoms. The lowest BCUT2D eigenvalue weighted by molar-refractivity contribution is 0.0555. The van der Waals surface area contributed by atoms with Crippen molar-refractivity contribution in [3.8, 4) is 0 Å². The first-order chi connectivity index (χ1) is 15.0. The van der Waals surface area contributed by atoms with Crippen LogP contribution < -0.4 is 10.6 Å². The first-order valence-corrected chi connectivity index (χ1v) is 10.8. The van der Waals surface area contributed by atoms with E-state index in [9.17, 15) is 9.18 Å². The number of rotatable bonds is 6. The number of nitrogens with one attached hydrogen (secondary N) is 3. The fraction of sp³-hybridized carbons (Fsp3) is 0.524. The Balaban J connectivity index is 1.27. The number of fused-ring (bicyclic) bond motifs is 1. The fourth-order valence-electron chi connectivity index (χ4n) is 4.09. The third kappa shape index (κ3) is 4.06. The van der Waals surface area contributed by atoms with Crippen molar-refractivity contribution in [3.05, 3.63) is 35.9 Å². The Labute approximate surface area is 178 Å². The van der Waals surface area contributed by atoms with E-state index in [4.69, 9.17) is 4.74 Å². The number of alkyl carbamates (subject to hydrolysis) is 1. The second kappa shape index (κ2) is 7.82. The fourth-order valence-corrected chi connectivity index (χ4v) is 4.09. The molecule has 2 aliphatic carbocycles. The molecule has 1 amide bonds. The number of imidazole rings is 1. The molecular formula is C21H26FN7O2. The largest absolute Gasteiger partial charge is 0.443 e. The second-order valence-corrected chi connectivity index (χ2v) is 8.64.